The summed E-state index contributed by atoms with van der Waals surface area (Å²) < 4.78 is 0. The van der Waals surface area contributed by atoms with Crippen molar-refractivity contribution in [2.75, 3.05) is 5.43 Å². The van der Waals surface area contributed by atoms with Crippen molar-refractivity contribution in [3.05, 3.63) is 64.8 Å². The molecule has 5 heteroatoms. The number of nitrogens with zero attached hydrogens (tertiary/aromatic N) is 3. The van der Waals surface area contributed by atoms with Gasteiger partial charge in [-0.1, -0.05) is 54.9 Å². The van der Waals surface area contributed by atoms with Crippen LogP contribution in [0.4, 0.5) is 5.82 Å². The first kappa shape index (κ1) is 14.5. The van der Waals surface area contributed by atoms with Crippen LogP contribution in [-0.4, -0.2) is 16.2 Å². The Kier molecular flexibility index (Phi) is 4.30. The lowest BCUT2D eigenvalue weighted by molar-refractivity contribution is 1.14. The quantitative estimate of drug-likeness (QED) is 0.577. The SMILES string of the molecule is CCc1ccc(/C=N/Nc2nc3ccccc3nc2Cl)cc1. The van der Waals surface area contributed by atoms with Crippen LogP contribution < -0.4 is 5.43 Å². The summed E-state index contributed by atoms with van der Waals surface area (Å²) in [4.78, 5) is 8.70. The highest BCUT2D eigenvalue weighted by molar-refractivity contribution is 6.32. The number of hydrogen-bond acceptors (Lipinski definition) is 4. The average Bonchev–Trinajstić information content (AvgIpc) is 2.56. The van der Waals surface area contributed by atoms with E-state index < -0.39 is 0 Å². The van der Waals surface area contributed by atoms with E-state index in [-0.39, 0.29) is 0 Å². The van der Waals surface area contributed by atoms with E-state index in [1.54, 1.807) is 6.21 Å². The molecule has 22 heavy (non-hydrogen) atoms. The summed E-state index contributed by atoms with van der Waals surface area (Å²) in [7, 11) is 0. The smallest absolute Gasteiger partial charge is 0.185 e. The molecule has 0 spiro atoms. The monoisotopic (exact) mass is 310 g/mol. The van der Waals surface area contributed by atoms with Gasteiger partial charge in [0.15, 0.2) is 11.0 Å². The molecule has 0 aliphatic rings. The van der Waals surface area contributed by atoms with Crippen LogP contribution in [0.25, 0.3) is 11.0 Å². The number of rotatable bonds is 4. The van der Waals surface area contributed by atoms with Crippen LogP contribution in [0.5, 0.6) is 0 Å². The highest BCUT2D eigenvalue weighted by Gasteiger charge is 2.05. The summed E-state index contributed by atoms with van der Waals surface area (Å²) in [6, 6.07) is 15.8. The van der Waals surface area contributed by atoms with Crippen molar-refractivity contribution in [1.82, 2.24) is 9.97 Å². The first-order chi connectivity index (χ1) is 10.8. The van der Waals surface area contributed by atoms with Crippen LogP contribution in [0.2, 0.25) is 5.15 Å². The average molecular weight is 311 g/mol. The zero-order chi connectivity index (χ0) is 15.4. The van der Waals surface area contributed by atoms with E-state index in [4.69, 9.17) is 11.6 Å². The highest BCUT2D eigenvalue weighted by Crippen LogP contribution is 2.20. The molecule has 0 radical (unpaired) electrons. The molecule has 3 aromatic rings. The lowest BCUT2D eigenvalue weighted by Crippen LogP contribution is -1.97. The van der Waals surface area contributed by atoms with E-state index in [0.29, 0.717) is 11.0 Å². The van der Waals surface area contributed by atoms with Crippen molar-refractivity contribution in [2.24, 2.45) is 5.10 Å². The van der Waals surface area contributed by atoms with Gasteiger partial charge >= 0.3 is 0 Å². The molecule has 0 aliphatic carbocycles. The summed E-state index contributed by atoms with van der Waals surface area (Å²) in [5, 5.41) is 4.48. The van der Waals surface area contributed by atoms with Gasteiger partial charge in [0.25, 0.3) is 0 Å². The van der Waals surface area contributed by atoms with Gasteiger partial charge in [-0.3, -0.25) is 5.43 Å². The molecule has 2 aromatic carbocycles. The third-order valence-corrected chi connectivity index (χ3v) is 3.56. The van der Waals surface area contributed by atoms with Crippen LogP contribution in [-0.2, 0) is 6.42 Å². The van der Waals surface area contributed by atoms with Crippen LogP contribution in [0.3, 0.4) is 0 Å². The molecule has 0 aliphatic heterocycles. The van der Waals surface area contributed by atoms with Crippen LogP contribution in [0, 0.1) is 0 Å². The largest absolute Gasteiger partial charge is 0.259 e. The summed E-state index contributed by atoms with van der Waals surface area (Å²) >= 11 is 6.11. The number of aromatic nitrogens is 2. The Morgan fingerprint density at radius 1 is 1.05 bits per heavy atom. The van der Waals surface area contributed by atoms with Gasteiger partial charge < -0.3 is 0 Å². The summed E-state index contributed by atoms with van der Waals surface area (Å²) in [6.45, 7) is 2.13. The number of para-hydroxylation sites is 2. The molecule has 0 atom stereocenters. The van der Waals surface area contributed by atoms with E-state index in [9.17, 15) is 0 Å². The number of fused-ring (bicyclic) bond motifs is 1. The number of nitrogens with one attached hydrogen (secondary N) is 1. The molecule has 0 saturated heterocycles. The topological polar surface area (TPSA) is 50.2 Å². The predicted molar refractivity (Wildman–Crippen MR) is 91.6 cm³/mol. The maximum absolute atomic E-state index is 6.11. The first-order valence-corrected chi connectivity index (χ1v) is 7.44. The minimum absolute atomic E-state index is 0.303. The Bertz CT molecular complexity index is 813. The summed E-state index contributed by atoms with van der Waals surface area (Å²) in [6.07, 6.45) is 2.75. The van der Waals surface area contributed by atoms with Gasteiger partial charge in [0, 0.05) is 0 Å². The minimum Gasteiger partial charge on any atom is -0.259 e. The fourth-order valence-corrected chi connectivity index (χ4v) is 2.23. The number of aryl methyl sites for hydroxylation is 1. The second-order valence-electron chi connectivity index (χ2n) is 4.82. The van der Waals surface area contributed by atoms with E-state index in [2.05, 4.69) is 39.6 Å². The molecule has 110 valence electrons. The third-order valence-electron chi connectivity index (χ3n) is 3.30. The molecule has 1 aromatic heterocycles. The van der Waals surface area contributed by atoms with Crippen molar-refractivity contribution in [3.63, 3.8) is 0 Å². The van der Waals surface area contributed by atoms with Gasteiger partial charge in [0.05, 0.1) is 17.2 Å². The van der Waals surface area contributed by atoms with Crippen LogP contribution >= 0.6 is 11.6 Å². The Morgan fingerprint density at radius 3 is 2.41 bits per heavy atom. The molecule has 3 rings (SSSR count). The third kappa shape index (κ3) is 3.23. The number of benzene rings is 2. The lowest BCUT2D eigenvalue weighted by atomic mass is 10.1. The van der Waals surface area contributed by atoms with E-state index >= 15 is 0 Å². The van der Waals surface area contributed by atoms with Crippen molar-refractivity contribution >= 4 is 34.7 Å². The maximum Gasteiger partial charge on any atom is 0.185 e. The van der Waals surface area contributed by atoms with Crippen molar-refractivity contribution < 1.29 is 0 Å². The molecule has 4 nitrogen and oxygen atoms in total. The molecule has 1 heterocycles. The Morgan fingerprint density at radius 2 is 1.73 bits per heavy atom. The lowest BCUT2D eigenvalue weighted by Gasteiger charge is -2.04. The molecule has 0 unspecified atom stereocenters. The second kappa shape index (κ2) is 6.54. The van der Waals surface area contributed by atoms with Gasteiger partial charge in [-0.05, 0) is 29.7 Å². The molecule has 0 saturated carbocycles. The number of hydrazone groups is 1. The Labute approximate surface area is 133 Å². The maximum atomic E-state index is 6.11. The Hall–Kier alpha value is -2.46. The minimum atomic E-state index is 0.303. The van der Waals surface area contributed by atoms with Crippen LogP contribution in [0.1, 0.15) is 18.1 Å². The van der Waals surface area contributed by atoms with E-state index in [0.717, 1.165) is 23.0 Å². The normalized spacial score (nSPS) is 11.2. The first-order valence-electron chi connectivity index (χ1n) is 7.06. The van der Waals surface area contributed by atoms with Crippen molar-refractivity contribution in [1.29, 1.82) is 0 Å². The number of halogens is 1. The molecule has 1 N–H and O–H groups in total. The van der Waals surface area contributed by atoms with Gasteiger partial charge in [-0.15, -0.1) is 0 Å². The molecule has 0 fully saturated rings. The number of anilines is 1. The van der Waals surface area contributed by atoms with E-state index in [1.807, 2.05) is 36.4 Å². The molecular formula is C17H15ClN4. The molecular weight excluding hydrogens is 296 g/mol. The fourth-order valence-electron chi connectivity index (χ4n) is 2.06. The predicted octanol–water partition coefficient (Wildman–Crippen LogP) is 4.29. The van der Waals surface area contributed by atoms with Gasteiger partial charge in [0.2, 0.25) is 0 Å². The van der Waals surface area contributed by atoms with Gasteiger partial charge in [0.1, 0.15) is 0 Å². The zero-order valence-electron chi connectivity index (χ0n) is 12.1. The van der Waals surface area contributed by atoms with E-state index in [1.165, 1.54) is 5.56 Å². The summed E-state index contributed by atoms with van der Waals surface area (Å²) in [5.74, 6) is 0.446. The zero-order valence-corrected chi connectivity index (χ0v) is 12.9. The van der Waals surface area contributed by atoms with Crippen molar-refractivity contribution in [2.45, 2.75) is 13.3 Å². The molecule has 0 bridgehead atoms. The summed E-state index contributed by atoms with van der Waals surface area (Å²) in [5.41, 5.74) is 6.69. The second-order valence-corrected chi connectivity index (χ2v) is 5.17. The Balaban J connectivity index is 1.77. The van der Waals surface area contributed by atoms with Crippen LogP contribution in [0.15, 0.2) is 53.6 Å². The highest BCUT2D eigenvalue weighted by atomic mass is 35.5. The standard InChI is InChI=1S/C17H15ClN4/c1-2-12-7-9-13(10-8-12)11-19-22-17-16(18)20-14-5-3-4-6-15(14)21-17/h3-11H,2H2,1H3,(H,21,22)/b19-11+. The molecule has 0 amide bonds. The van der Waals surface area contributed by atoms with Crippen molar-refractivity contribution in [3.8, 4) is 0 Å². The van der Waals surface area contributed by atoms with Gasteiger partial charge in [-0.2, -0.15) is 5.10 Å². The number of hydrogen-bond donors (Lipinski definition) is 1. The van der Waals surface area contributed by atoms with Gasteiger partial charge in [-0.25, -0.2) is 9.97 Å². The fraction of sp³-hybridized carbons (Fsp3) is 0.118.